The average molecular weight is 313 g/mol. The lowest BCUT2D eigenvalue weighted by molar-refractivity contribution is 0.402. The molecule has 0 saturated heterocycles. The van der Waals surface area contributed by atoms with Gasteiger partial charge in [-0.25, -0.2) is 4.72 Å². The molecule has 0 heterocycles. The summed E-state index contributed by atoms with van der Waals surface area (Å²) in [5.41, 5.74) is 2.38. The van der Waals surface area contributed by atoms with Gasteiger partial charge >= 0.3 is 0 Å². The Morgan fingerprint density at radius 1 is 1.10 bits per heavy atom. The Kier molecular flexibility index (Phi) is 6.64. The number of anilines is 1. The van der Waals surface area contributed by atoms with Crippen molar-refractivity contribution in [1.29, 1.82) is 0 Å². The Morgan fingerprint density at radius 2 is 1.67 bits per heavy atom. The van der Waals surface area contributed by atoms with Gasteiger partial charge in [-0.05, 0) is 44.4 Å². The minimum Gasteiger partial charge on any atom is -0.378 e. The molecule has 0 amide bonds. The van der Waals surface area contributed by atoms with Crippen LogP contribution in [0.4, 0.5) is 5.69 Å². The van der Waals surface area contributed by atoms with Gasteiger partial charge in [0.1, 0.15) is 0 Å². The zero-order valence-corrected chi connectivity index (χ0v) is 14.4. The first-order valence-electron chi connectivity index (χ1n) is 7.23. The molecule has 0 unspecified atom stereocenters. The van der Waals surface area contributed by atoms with Gasteiger partial charge < -0.3 is 4.90 Å². The van der Waals surface area contributed by atoms with Crippen LogP contribution in [0, 0.1) is 0 Å². The number of hydrogen-bond donors (Lipinski definition) is 1. The van der Waals surface area contributed by atoms with Crippen molar-refractivity contribution in [2.45, 2.75) is 32.7 Å². The summed E-state index contributed by atoms with van der Waals surface area (Å²) < 4.78 is 27.8. The second kappa shape index (κ2) is 7.77. The van der Waals surface area contributed by atoms with E-state index >= 15 is 0 Å². The molecule has 0 fully saturated rings. The second-order valence-electron chi connectivity index (χ2n) is 5.67. The highest BCUT2D eigenvalue weighted by atomic mass is 32.2. The van der Waals surface area contributed by atoms with Gasteiger partial charge in [0.2, 0.25) is 0 Å². The van der Waals surface area contributed by atoms with Crippen LogP contribution in [0.3, 0.4) is 0 Å². The van der Waals surface area contributed by atoms with Crippen LogP contribution >= 0.6 is 0 Å². The highest BCUT2D eigenvalue weighted by Crippen LogP contribution is 2.13. The number of hydrogen-bond acceptors (Lipinski definition) is 3. The molecule has 120 valence electrons. The van der Waals surface area contributed by atoms with Gasteiger partial charge in [0.15, 0.2) is 0 Å². The van der Waals surface area contributed by atoms with E-state index in [1.54, 1.807) is 7.05 Å². The van der Waals surface area contributed by atoms with Gasteiger partial charge in [0.05, 0.1) is 0 Å². The third kappa shape index (κ3) is 5.65. The quantitative estimate of drug-likeness (QED) is 0.745. The summed E-state index contributed by atoms with van der Waals surface area (Å²) in [6.45, 7) is 4.16. The van der Waals surface area contributed by atoms with Crippen LogP contribution in [0.5, 0.6) is 0 Å². The van der Waals surface area contributed by atoms with Crippen molar-refractivity contribution in [2.24, 2.45) is 0 Å². The fourth-order valence-electron chi connectivity index (χ4n) is 1.83. The van der Waals surface area contributed by atoms with Crippen molar-refractivity contribution < 1.29 is 8.42 Å². The lowest BCUT2D eigenvalue weighted by atomic mass is 10.1. The van der Waals surface area contributed by atoms with E-state index in [1.165, 1.54) is 9.87 Å². The molecule has 0 saturated carbocycles. The van der Waals surface area contributed by atoms with Crippen molar-refractivity contribution >= 4 is 15.9 Å². The van der Waals surface area contributed by atoms with E-state index in [9.17, 15) is 8.42 Å². The summed E-state index contributed by atoms with van der Waals surface area (Å²) in [4.78, 5) is 2.06. The van der Waals surface area contributed by atoms with Crippen molar-refractivity contribution in [3.05, 3.63) is 29.8 Å². The van der Waals surface area contributed by atoms with Crippen LogP contribution in [0.25, 0.3) is 0 Å². The third-order valence-electron chi connectivity index (χ3n) is 3.49. The summed E-state index contributed by atoms with van der Waals surface area (Å²) in [5.74, 6) is 0. The molecule has 0 aromatic heterocycles. The smallest absolute Gasteiger partial charge is 0.279 e. The summed E-state index contributed by atoms with van der Waals surface area (Å²) in [7, 11) is 2.25. The predicted octanol–water partition coefficient (Wildman–Crippen LogP) is 1.86. The van der Waals surface area contributed by atoms with E-state index in [1.807, 2.05) is 27.9 Å². The Morgan fingerprint density at radius 3 is 2.14 bits per heavy atom. The molecule has 0 aliphatic carbocycles. The van der Waals surface area contributed by atoms with Crippen LogP contribution < -0.4 is 9.62 Å². The van der Waals surface area contributed by atoms with Crippen LogP contribution in [-0.2, 0) is 16.6 Å². The van der Waals surface area contributed by atoms with Crippen LogP contribution in [0.2, 0.25) is 0 Å². The molecule has 1 N–H and O–H groups in total. The summed E-state index contributed by atoms with van der Waals surface area (Å²) in [6, 6.07) is 8.28. The number of benzene rings is 1. The van der Waals surface area contributed by atoms with E-state index in [0.717, 1.165) is 18.5 Å². The van der Waals surface area contributed by atoms with Crippen LogP contribution in [-0.4, -0.2) is 46.5 Å². The standard InChI is InChI=1S/C15H27N3O2S/c1-13(2)18(5)21(19,20)16-12-6-7-14-8-10-15(11-9-14)17(3)4/h8-11,13,16H,6-7,12H2,1-5H3. The Balaban J connectivity index is 2.41. The second-order valence-corrected chi connectivity index (χ2v) is 7.49. The molecule has 0 aliphatic rings. The Hall–Kier alpha value is -1.11. The molecule has 6 heteroatoms. The first-order chi connectivity index (χ1) is 9.74. The molecular weight excluding hydrogens is 286 g/mol. The predicted molar refractivity (Wildman–Crippen MR) is 88.9 cm³/mol. The molecule has 1 aromatic rings. The fraction of sp³-hybridized carbons (Fsp3) is 0.600. The first kappa shape index (κ1) is 17.9. The van der Waals surface area contributed by atoms with E-state index in [4.69, 9.17) is 0 Å². The lowest BCUT2D eigenvalue weighted by Crippen LogP contribution is -2.42. The number of nitrogens with one attached hydrogen (secondary N) is 1. The van der Waals surface area contributed by atoms with E-state index in [0.29, 0.717) is 6.54 Å². The van der Waals surface area contributed by atoms with Crippen molar-refractivity contribution in [1.82, 2.24) is 9.03 Å². The normalized spacial score (nSPS) is 12.1. The lowest BCUT2D eigenvalue weighted by Gasteiger charge is -2.21. The van der Waals surface area contributed by atoms with Gasteiger partial charge in [-0.15, -0.1) is 0 Å². The van der Waals surface area contributed by atoms with Crippen molar-refractivity contribution in [3.8, 4) is 0 Å². The third-order valence-corrected chi connectivity index (χ3v) is 5.23. The minimum atomic E-state index is -3.36. The Labute approximate surface area is 129 Å². The summed E-state index contributed by atoms with van der Waals surface area (Å²) in [6.07, 6.45) is 1.65. The molecule has 0 spiro atoms. The van der Waals surface area contributed by atoms with Crippen LogP contribution in [0.1, 0.15) is 25.8 Å². The SMILES string of the molecule is CC(C)N(C)S(=O)(=O)NCCCc1ccc(N(C)C)cc1. The highest BCUT2D eigenvalue weighted by molar-refractivity contribution is 7.87. The molecule has 0 aliphatic heterocycles. The van der Waals surface area contributed by atoms with Crippen molar-refractivity contribution in [3.63, 3.8) is 0 Å². The number of nitrogens with zero attached hydrogens (tertiary/aromatic N) is 2. The number of aryl methyl sites for hydroxylation is 1. The zero-order valence-electron chi connectivity index (χ0n) is 13.6. The van der Waals surface area contributed by atoms with E-state index in [2.05, 4.69) is 33.9 Å². The minimum absolute atomic E-state index is 0.0407. The molecule has 5 nitrogen and oxygen atoms in total. The average Bonchev–Trinajstić information content (AvgIpc) is 2.43. The summed E-state index contributed by atoms with van der Waals surface area (Å²) in [5, 5.41) is 0. The molecule has 0 atom stereocenters. The van der Waals surface area contributed by atoms with Gasteiger partial charge in [-0.1, -0.05) is 12.1 Å². The van der Waals surface area contributed by atoms with Gasteiger partial charge in [0, 0.05) is 39.4 Å². The largest absolute Gasteiger partial charge is 0.378 e. The maximum absolute atomic E-state index is 11.9. The molecular formula is C15H27N3O2S. The molecule has 0 radical (unpaired) electrons. The highest BCUT2D eigenvalue weighted by Gasteiger charge is 2.19. The zero-order chi connectivity index (χ0) is 16.0. The topological polar surface area (TPSA) is 52.7 Å². The van der Waals surface area contributed by atoms with E-state index < -0.39 is 10.2 Å². The number of rotatable bonds is 8. The molecule has 0 bridgehead atoms. The monoisotopic (exact) mass is 313 g/mol. The van der Waals surface area contributed by atoms with Gasteiger partial charge in [0.25, 0.3) is 10.2 Å². The maximum Gasteiger partial charge on any atom is 0.279 e. The summed E-state index contributed by atoms with van der Waals surface area (Å²) >= 11 is 0. The molecule has 1 aromatic carbocycles. The van der Waals surface area contributed by atoms with Gasteiger partial charge in [-0.2, -0.15) is 12.7 Å². The fourth-order valence-corrected chi connectivity index (χ4v) is 2.99. The van der Waals surface area contributed by atoms with E-state index in [-0.39, 0.29) is 6.04 Å². The molecule has 21 heavy (non-hydrogen) atoms. The molecule has 1 rings (SSSR count). The Bertz CT molecular complexity index is 524. The maximum atomic E-state index is 11.9. The van der Waals surface area contributed by atoms with Gasteiger partial charge in [-0.3, -0.25) is 0 Å². The van der Waals surface area contributed by atoms with Crippen molar-refractivity contribution in [2.75, 3.05) is 32.6 Å². The van der Waals surface area contributed by atoms with Crippen LogP contribution in [0.15, 0.2) is 24.3 Å². The first-order valence-corrected chi connectivity index (χ1v) is 8.67.